The molecule has 1 rings (SSSR count). The number of rotatable bonds is 2. The zero-order chi connectivity index (χ0) is 10.7. The minimum Gasteiger partial charge on any atom is -0.291 e. The topological polar surface area (TPSA) is 27.0 Å². The van der Waals surface area contributed by atoms with E-state index in [4.69, 9.17) is 5.26 Å². The van der Waals surface area contributed by atoms with Gasteiger partial charge in [-0.05, 0) is 38.2 Å². The van der Waals surface area contributed by atoms with Crippen molar-refractivity contribution in [1.82, 2.24) is 4.90 Å². The lowest BCUT2D eigenvalue weighted by Gasteiger charge is -2.17. The maximum atomic E-state index is 9.01. The van der Waals surface area contributed by atoms with E-state index in [1.165, 1.54) is 0 Å². The smallest absolute Gasteiger partial charge is 0.123 e. The number of nitrogens with zero attached hydrogens (tertiary/aromatic N) is 2. The maximum absolute atomic E-state index is 9.01. The van der Waals surface area contributed by atoms with Crippen molar-refractivity contribution in [1.29, 1.82) is 5.26 Å². The van der Waals surface area contributed by atoms with Gasteiger partial charge in [0.2, 0.25) is 0 Å². The zero-order valence-corrected chi connectivity index (χ0v) is 10.2. The van der Waals surface area contributed by atoms with E-state index in [-0.39, 0.29) is 6.04 Å². The highest BCUT2D eigenvalue weighted by atomic mass is 79.9. The van der Waals surface area contributed by atoms with Gasteiger partial charge in [0.15, 0.2) is 0 Å². The standard InChI is InChI=1S/C11H13BrN2/c1-8-6-9(4-5-10(8)12)11(7-13)14(2)3/h4-6,11H,1-3H3. The second kappa shape index (κ2) is 4.59. The fourth-order valence-corrected chi connectivity index (χ4v) is 1.57. The lowest BCUT2D eigenvalue weighted by atomic mass is 10.1. The van der Waals surface area contributed by atoms with Crippen molar-refractivity contribution in [3.63, 3.8) is 0 Å². The Morgan fingerprint density at radius 1 is 1.43 bits per heavy atom. The van der Waals surface area contributed by atoms with Crippen LogP contribution in [0.15, 0.2) is 22.7 Å². The van der Waals surface area contributed by atoms with Crippen LogP contribution in [-0.4, -0.2) is 19.0 Å². The quantitative estimate of drug-likeness (QED) is 0.810. The molecule has 2 nitrogen and oxygen atoms in total. The highest BCUT2D eigenvalue weighted by molar-refractivity contribution is 9.10. The molecule has 0 saturated heterocycles. The second-order valence-electron chi connectivity index (χ2n) is 3.50. The third-order valence-electron chi connectivity index (χ3n) is 2.14. The number of halogens is 1. The Hall–Kier alpha value is -0.850. The summed E-state index contributed by atoms with van der Waals surface area (Å²) in [5, 5.41) is 9.01. The SMILES string of the molecule is Cc1cc(C(C#N)N(C)C)ccc1Br. The highest BCUT2D eigenvalue weighted by Gasteiger charge is 2.12. The lowest BCUT2D eigenvalue weighted by Crippen LogP contribution is -2.18. The first-order chi connectivity index (χ1) is 6.56. The Morgan fingerprint density at radius 3 is 2.50 bits per heavy atom. The molecule has 0 saturated carbocycles. The van der Waals surface area contributed by atoms with E-state index in [0.29, 0.717) is 0 Å². The molecule has 1 aromatic carbocycles. The largest absolute Gasteiger partial charge is 0.291 e. The van der Waals surface area contributed by atoms with Crippen LogP contribution in [0.1, 0.15) is 17.2 Å². The van der Waals surface area contributed by atoms with Gasteiger partial charge in [-0.1, -0.05) is 28.1 Å². The zero-order valence-electron chi connectivity index (χ0n) is 8.58. The van der Waals surface area contributed by atoms with Gasteiger partial charge in [-0.15, -0.1) is 0 Å². The first-order valence-electron chi connectivity index (χ1n) is 4.38. The van der Waals surface area contributed by atoms with Crippen LogP contribution >= 0.6 is 15.9 Å². The Bertz CT molecular complexity index is 366. The van der Waals surface area contributed by atoms with Crippen molar-refractivity contribution >= 4 is 15.9 Å². The molecule has 1 atom stereocenters. The molecule has 74 valence electrons. The summed E-state index contributed by atoms with van der Waals surface area (Å²) in [6.07, 6.45) is 0. The minimum atomic E-state index is -0.165. The predicted octanol–water partition coefficient (Wildman–Crippen LogP) is 2.88. The van der Waals surface area contributed by atoms with E-state index >= 15 is 0 Å². The number of hydrogen-bond donors (Lipinski definition) is 0. The molecule has 1 aromatic rings. The molecule has 0 radical (unpaired) electrons. The van der Waals surface area contributed by atoms with Crippen molar-refractivity contribution in [2.45, 2.75) is 13.0 Å². The Labute approximate surface area is 93.3 Å². The summed E-state index contributed by atoms with van der Waals surface area (Å²) in [6.45, 7) is 2.03. The van der Waals surface area contributed by atoms with Crippen molar-refractivity contribution in [3.8, 4) is 6.07 Å². The van der Waals surface area contributed by atoms with Crippen molar-refractivity contribution in [2.24, 2.45) is 0 Å². The number of hydrogen-bond acceptors (Lipinski definition) is 2. The van der Waals surface area contributed by atoms with E-state index in [1.54, 1.807) is 0 Å². The maximum Gasteiger partial charge on any atom is 0.123 e. The van der Waals surface area contributed by atoms with Gasteiger partial charge in [-0.2, -0.15) is 5.26 Å². The molecule has 0 bridgehead atoms. The first-order valence-corrected chi connectivity index (χ1v) is 5.17. The highest BCUT2D eigenvalue weighted by Crippen LogP contribution is 2.23. The third kappa shape index (κ3) is 2.34. The third-order valence-corrected chi connectivity index (χ3v) is 3.03. The van der Waals surface area contributed by atoms with Gasteiger partial charge in [0, 0.05) is 4.47 Å². The summed E-state index contributed by atoms with van der Waals surface area (Å²) in [6, 6.07) is 8.11. The van der Waals surface area contributed by atoms with Crippen molar-refractivity contribution < 1.29 is 0 Å². The van der Waals surface area contributed by atoms with Crippen molar-refractivity contribution in [3.05, 3.63) is 33.8 Å². The summed E-state index contributed by atoms with van der Waals surface area (Å²) in [7, 11) is 3.82. The minimum absolute atomic E-state index is 0.165. The molecule has 1 unspecified atom stereocenters. The predicted molar refractivity (Wildman–Crippen MR) is 60.9 cm³/mol. The lowest BCUT2D eigenvalue weighted by molar-refractivity contribution is 0.358. The van der Waals surface area contributed by atoms with E-state index < -0.39 is 0 Å². The van der Waals surface area contributed by atoms with Crippen LogP contribution in [0.5, 0.6) is 0 Å². The molecule has 0 aliphatic carbocycles. The monoisotopic (exact) mass is 252 g/mol. The molecule has 0 aromatic heterocycles. The molecular formula is C11H13BrN2. The van der Waals surface area contributed by atoms with Crippen molar-refractivity contribution in [2.75, 3.05) is 14.1 Å². The number of benzene rings is 1. The normalized spacial score (nSPS) is 12.6. The summed E-state index contributed by atoms with van der Waals surface area (Å²) < 4.78 is 1.08. The fraction of sp³-hybridized carbons (Fsp3) is 0.364. The summed E-state index contributed by atoms with van der Waals surface area (Å²) in [5.74, 6) is 0. The molecule has 0 N–H and O–H groups in total. The van der Waals surface area contributed by atoms with E-state index in [0.717, 1.165) is 15.6 Å². The van der Waals surface area contributed by atoms with E-state index in [2.05, 4.69) is 22.0 Å². The fourth-order valence-electron chi connectivity index (χ4n) is 1.33. The molecule has 3 heteroatoms. The molecule has 0 amide bonds. The molecule has 0 fully saturated rings. The van der Waals surface area contributed by atoms with Crippen LogP contribution < -0.4 is 0 Å². The van der Waals surface area contributed by atoms with Gasteiger partial charge in [0.1, 0.15) is 6.04 Å². The van der Waals surface area contributed by atoms with E-state index in [9.17, 15) is 0 Å². The molecule has 0 aliphatic heterocycles. The average molecular weight is 253 g/mol. The van der Waals surface area contributed by atoms with Gasteiger partial charge in [0.05, 0.1) is 6.07 Å². The van der Waals surface area contributed by atoms with Gasteiger partial charge in [0.25, 0.3) is 0 Å². The van der Waals surface area contributed by atoms with E-state index in [1.807, 2.05) is 44.1 Å². The molecular weight excluding hydrogens is 240 g/mol. The van der Waals surface area contributed by atoms with Crippen LogP contribution in [0, 0.1) is 18.3 Å². The summed E-state index contributed by atoms with van der Waals surface area (Å²) in [5.41, 5.74) is 2.20. The van der Waals surface area contributed by atoms with Gasteiger partial charge in [-0.3, -0.25) is 4.90 Å². The van der Waals surface area contributed by atoms with Crippen LogP contribution in [-0.2, 0) is 0 Å². The van der Waals surface area contributed by atoms with Gasteiger partial charge < -0.3 is 0 Å². The van der Waals surface area contributed by atoms with Gasteiger partial charge in [-0.25, -0.2) is 0 Å². The number of aryl methyl sites for hydroxylation is 1. The molecule has 0 spiro atoms. The van der Waals surface area contributed by atoms with Crippen LogP contribution in [0.2, 0.25) is 0 Å². The Balaban J connectivity index is 3.08. The Morgan fingerprint density at radius 2 is 2.07 bits per heavy atom. The van der Waals surface area contributed by atoms with Crippen LogP contribution in [0.25, 0.3) is 0 Å². The first kappa shape index (κ1) is 11.2. The molecule has 0 heterocycles. The second-order valence-corrected chi connectivity index (χ2v) is 4.36. The summed E-state index contributed by atoms with van der Waals surface area (Å²) >= 11 is 3.44. The van der Waals surface area contributed by atoms with Gasteiger partial charge >= 0.3 is 0 Å². The Kier molecular flexibility index (Phi) is 3.68. The summed E-state index contributed by atoms with van der Waals surface area (Å²) in [4.78, 5) is 1.91. The van der Waals surface area contributed by atoms with Crippen LogP contribution in [0.3, 0.4) is 0 Å². The average Bonchev–Trinajstić information content (AvgIpc) is 2.11. The molecule has 0 aliphatic rings. The van der Waals surface area contributed by atoms with Crippen LogP contribution in [0.4, 0.5) is 0 Å². The molecule has 14 heavy (non-hydrogen) atoms. The number of nitriles is 1.